The predicted molar refractivity (Wildman–Crippen MR) is 95.7 cm³/mol. The van der Waals surface area contributed by atoms with E-state index in [4.69, 9.17) is 9.47 Å². The van der Waals surface area contributed by atoms with E-state index < -0.39 is 0 Å². The lowest BCUT2D eigenvalue weighted by molar-refractivity contribution is 0.356. The number of benzene rings is 2. The third-order valence-corrected chi connectivity index (χ3v) is 3.85. The molecule has 2 N–H and O–H groups in total. The molecule has 1 aromatic heterocycles. The number of ether oxygens (including phenoxy) is 2. The predicted octanol–water partition coefficient (Wildman–Crippen LogP) is 3.88. The Balaban J connectivity index is 2.12. The lowest BCUT2D eigenvalue weighted by Crippen LogP contribution is -1.99. The van der Waals surface area contributed by atoms with Gasteiger partial charge < -0.3 is 19.9 Å². The fourth-order valence-electron chi connectivity index (χ4n) is 2.56. The summed E-state index contributed by atoms with van der Waals surface area (Å²) in [5.74, 6) is 1.58. The third kappa shape index (κ3) is 3.12. The summed E-state index contributed by atoms with van der Waals surface area (Å²) >= 11 is 0. The minimum atomic E-state index is 0.0955. The number of rotatable bonds is 4. The van der Waals surface area contributed by atoms with Crippen LogP contribution in [-0.2, 0) is 0 Å². The summed E-state index contributed by atoms with van der Waals surface area (Å²) in [6.07, 6.45) is 0. The van der Waals surface area contributed by atoms with Crippen LogP contribution in [0.15, 0.2) is 36.4 Å². The summed E-state index contributed by atoms with van der Waals surface area (Å²) in [6.45, 7) is 1.89. The van der Waals surface area contributed by atoms with Gasteiger partial charge in [-0.05, 0) is 36.8 Å². The zero-order valence-electron chi connectivity index (χ0n) is 14.1. The summed E-state index contributed by atoms with van der Waals surface area (Å²) in [7, 11) is 3.11. The van der Waals surface area contributed by atoms with Crippen molar-refractivity contribution in [3.05, 3.63) is 47.5 Å². The second-order valence-electron chi connectivity index (χ2n) is 5.54. The number of nitrogens with one attached hydrogen (secondary N) is 1. The van der Waals surface area contributed by atoms with E-state index in [0.29, 0.717) is 34.1 Å². The first-order valence-electron chi connectivity index (χ1n) is 7.59. The van der Waals surface area contributed by atoms with Crippen LogP contribution >= 0.6 is 0 Å². The molecule has 0 saturated carbocycles. The van der Waals surface area contributed by atoms with Crippen molar-refractivity contribution in [2.45, 2.75) is 6.92 Å². The summed E-state index contributed by atoms with van der Waals surface area (Å²) < 4.78 is 10.6. The van der Waals surface area contributed by atoms with Crippen LogP contribution in [0.1, 0.15) is 11.1 Å². The number of aromatic hydroxyl groups is 1. The molecular weight excluding hydrogens is 318 g/mol. The average molecular weight is 335 g/mol. The number of methoxy groups -OCH3 is 2. The molecule has 0 amide bonds. The Morgan fingerprint density at radius 2 is 1.80 bits per heavy atom. The van der Waals surface area contributed by atoms with Gasteiger partial charge in [0.05, 0.1) is 31.0 Å². The first-order valence-corrected chi connectivity index (χ1v) is 7.59. The molecule has 0 saturated heterocycles. The zero-order chi connectivity index (χ0) is 18.0. The molecule has 6 heteroatoms. The van der Waals surface area contributed by atoms with E-state index in [9.17, 15) is 10.4 Å². The van der Waals surface area contributed by atoms with Gasteiger partial charge in [-0.1, -0.05) is 6.07 Å². The Bertz CT molecular complexity index is 993. The fourth-order valence-corrected chi connectivity index (χ4v) is 2.56. The Morgan fingerprint density at radius 1 is 1.08 bits per heavy atom. The number of phenols is 1. The number of nitrogens with zero attached hydrogens (tertiary/aromatic N) is 2. The largest absolute Gasteiger partial charge is 0.506 e. The van der Waals surface area contributed by atoms with Crippen LogP contribution in [0, 0.1) is 18.3 Å². The van der Waals surface area contributed by atoms with Crippen molar-refractivity contribution in [1.82, 2.24) is 4.98 Å². The van der Waals surface area contributed by atoms with Gasteiger partial charge in [-0.25, -0.2) is 4.98 Å². The highest BCUT2D eigenvalue weighted by molar-refractivity contribution is 5.87. The van der Waals surface area contributed by atoms with Gasteiger partial charge in [-0.2, -0.15) is 5.26 Å². The maximum absolute atomic E-state index is 10.1. The van der Waals surface area contributed by atoms with Crippen LogP contribution in [0.4, 0.5) is 11.5 Å². The van der Waals surface area contributed by atoms with Crippen molar-refractivity contribution in [2.75, 3.05) is 19.5 Å². The normalized spacial score (nSPS) is 10.3. The Labute approximate surface area is 145 Å². The van der Waals surface area contributed by atoms with Crippen LogP contribution < -0.4 is 14.8 Å². The standard InChI is InChI=1S/C19H17N3O3/c1-11-4-5-14(16(23)6-11)21-19-13(10-20)7-12-8-17(24-2)18(25-3)9-15(12)22-19/h4-9,23H,1-3H3,(H,21,22). The molecule has 0 bridgehead atoms. The Kier molecular flexibility index (Phi) is 4.31. The summed E-state index contributed by atoms with van der Waals surface area (Å²) in [6, 6.07) is 12.6. The quantitative estimate of drug-likeness (QED) is 0.704. The van der Waals surface area contributed by atoms with E-state index in [1.807, 2.05) is 13.0 Å². The van der Waals surface area contributed by atoms with E-state index in [1.165, 1.54) is 0 Å². The van der Waals surface area contributed by atoms with Crippen molar-refractivity contribution in [1.29, 1.82) is 5.26 Å². The SMILES string of the molecule is COc1cc2cc(C#N)c(Nc3ccc(C)cc3O)nc2cc1OC. The maximum atomic E-state index is 10.1. The monoisotopic (exact) mass is 335 g/mol. The van der Waals surface area contributed by atoms with Crippen LogP contribution in [0.3, 0.4) is 0 Å². The Morgan fingerprint density at radius 3 is 2.44 bits per heavy atom. The van der Waals surface area contributed by atoms with Crippen LogP contribution in [0.5, 0.6) is 17.2 Å². The van der Waals surface area contributed by atoms with Crippen molar-refractivity contribution in [3.63, 3.8) is 0 Å². The summed E-state index contributed by atoms with van der Waals surface area (Å²) in [5.41, 5.74) is 2.42. The van der Waals surface area contributed by atoms with Gasteiger partial charge in [-0.3, -0.25) is 0 Å². The highest BCUT2D eigenvalue weighted by Crippen LogP contribution is 2.34. The number of hydrogen-bond acceptors (Lipinski definition) is 6. The van der Waals surface area contributed by atoms with Crippen LogP contribution in [0.25, 0.3) is 10.9 Å². The number of hydrogen-bond donors (Lipinski definition) is 2. The molecule has 0 radical (unpaired) electrons. The second-order valence-corrected chi connectivity index (χ2v) is 5.54. The summed E-state index contributed by atoms with van der Waals surface area (Å²) in [4.78, 5) is 4.51. The van der Waals surface area contributed by atoms with E-state index >= 15 is 0 Å². The number of nitriles is 1. The number of phenolic OH excluding ortho intramolecular Hbond substituents is 1. The molecule has 6 nitrogen and oxygen atoms in total. The molecule has 0 spiro atoms. The van der Waals surface area contributed by atoms with Gasteiger partial charge in [-0.15, -0.1) is 0 Å². The van der Waals surface area contributed by atoms with Gasteiger partial charge >= 0.3 is 0 Å². The molecule has 2 aromatic carbocycles. The van der Waals surface area contributed by atoms with E-state index in [1.54, 1.807) is 44.6 Å². The molecule has 0 unspecified atom stereocenters. The number of pyridine rings is 1. The minimum Gasteiger partial charge on any atom is -0.506 e. The zero-order valence-corrected chi connectivity index (χ0v) is 14.1. The molecule has 0 fully saturated rings. The topological polar surface area (TPSA) is 87.4 Å². The van der Waals surface area contributed by atoms with Crippen LogP contribution in [-0.4, -0.2) is 24.3 Å². The third-order valence-electron chi connectivity index (χ3n) is 3.85. The minimum absolute atomic E-state index is 0.0955. The van der Waals surface area contributed by atoms with Crippen LogP contribution in [0.2, 0.25) is 0 Å². The molecule has 3 aromatic rings. The van der Waals surface area contributed by atoms with Crippen molar-refractivity contribution in [3.8, 4) is 23.3 Å². The average Bonchev–Trinajstić information content (AvgIpc) is 2.62. The number of fused-ring (bicyclic) bond motifs is 1. The van der Waals surface area contributed by atoms with E-state index in [0.717, 1.165) is 10.9 Å². The molecule has 1 heterocycles. The van der Waals surface area contributed by atoms with Gasteiger partial charge in [0.15, 0.2) is 11.5 Å². The van der Waals surface area contributed by atoms with Gasteiger partial charge in [0.1, 0.15) is 17.6 Å². The summed E-state index contributed by atoms with van der Waals surface area (Å²) in [5, 5.41) is 23.3. The molecule has 126 valence electrons. The van der Waals surface area contributed by atoms with E-state index in [-0.39, 0.29) is 5.75 Å². The van der Waals surface area contributed by atoms with Crippen molar-refractivity contribution in [2.24, 2.45) is 0 Å². The smallest absolute Gasteiger partial charge is 0.162 e. The first-order chi connectivity index (χ1) is 12.0. The van der Waals surface area contributed by atoms with Gasteiger partial charge in [0.2, 0.25) is 0 Å². The maximum Gasteiger partial charge on any atom is 0.162 e. The molecule has 0 aliphatic carbocycles. The number of anilines is 2. The molecular formula is C19H17N3O3. The highest BCUT2D eigenvalue weighted by Gasteiger charge is 2.13. The lowest BCUT2D eigenvalue weighted by Gasteiger charge is -2.13. The molecule has 0 atom stereocenters. The first kappa shape index (κ1) is 16.4. The van der Waals surface area contributed by atoms with Crippen molar-refractivity contribution >= 4 is 22.4 Å². The molecule has 0 aliphatic heterocycles. The molecule has 0 aliphatic rings. The molecule has 25 heavy (non-hydrogen) atoms. The van der Waals surface area contributed by atoms with Gasteiger partial charge in [0.25, 0.3) is 0 Å². The van der Waals surface area contributed by atoms with E-state index in [2.05, 4.69) is 16.4 Å². The lowest BCUT2D eigenvalue weighted by atomic mass is 10.1. The number of aromatic nitrogens is 1. The second kappa shape index (κ2) is 6.57. The highest BCUT2D eigenvalue weighted by atomic mass is 16.5. The Hall–Kier alpha value is -3.46. The van der Waals surface area contributed by atoms with Gasteiger partial charge in [0, 0.05) is 11.5 Å². The number of aryl methyl sites for hydroxylation is 1. The fraction of sp³-hybridized carbons (Fsp3) is 0.158. The molecule has 3 rings (SSSR count). The van der Waals surface area contributed by atoms with Crippen molar-refractivity contribution < 1.29 is 14.6 Å².